The van der Waals surface area contributed by atoms with E-state index in [1.807, 2.05) is 13.8 Å². The van der Waals surface area contributed by atoms with Gasteiger partial charge in [0, 0.05) is 18.6 Å². The summed E-state index contributed by atoms with van der Waals surface area (Å²) < 4.78 is 11.3. The normalized spacial score (nSPS) is 44.6. The molecule has 4 nitrogen and oxygen atoms in total. The zero-order chi connectivity index (χ0) is 9.64. The highest BCUT2D eigenvalue weighted by Gasteiger charge is 2.52. The topological polar surface area (TPSA) is 64.7 Å². The first-order chi connectivity index (χ1) is 6.03. The molecule has 0 spiro atoms. The van der Waals surface area contributed by atoms with E-state index in [4.69, 9.17) is 20.3 Å². The molecule has 1 heterocycles. The molecule has 0 aromatic heterocycles. The van der Waals surface area contributed by atoms with Gasteiger partial charge in [0.2, 0.25) is 0 Å². The summed E-state index contributed by atoms with van der Waals surface area (Å²) >= 11 is 0. The van der Waals surface area contributed by atoms with E-state index in [-0.39, 0.29) is 43.2 Å². The lowest BCUT2D eigenvalue weighted by molar-refractivity contribution is -0.159. The van der Waals surface area contributed by atoms with E-state index in [2.05, 4.69) is 0 Å². The first-order valence-electron chi connectivity index (χ1n) is 4.75. The molecule has 84 valence electrons. The van der Waals surface area contributed by atoms with Gasteiger partial charge >= 0.3 is 0 Å². The molecule has 0 amide bonds. The van der Waals surface area contributed by atoms with Crippen molar-refractivity contribution in [1.82, 2.24) is 0 Å². The Morgan fingerprint density at radius 1 is 1.36 bits per heavy atom. The summed E-state index contributed by atoms with van der Waals surface area (Å²) in [5.41, 5.74) is 5.89. The number of halogens is 1. The standard InChI is InChI=1S/C9H17NO3.ClH/c1-9(2)12-7-5(4-11)3-6(10)8(7)13-9;/h5-8,11H,3-4,10H2,1-2H3;1H. The zero-order valence-electron chi connectivity index (χ0n) is 8.47. The van der Waals surface area contributed by atoms with Crippen LogP contribution in [0.2, 0.25) is 0 Å². The number of hydrogen-bond donors (Lipinski definition) is 2. The van der Waals surface area contributed by atoms with Crippen LogP contribution in [0.15, 0.2) is 0 Å². The number of rotatable bonds is 1. The molecule has 3 N–H and O–H groups in total. The van der Waals surface area contributed by atoms with E-state index in [0.717, 1.165) is 6.42 Å². The fraction of sp³-hybridized carbons (Fsp3) is 1.00. The number of ether oxygens (including phenoxy) is 2. The largest absolute Gasteiger partial charge is 0.396 e. The maximum Gasteiger partial charge on any atom is 0.163 e. The third-order valence-electron chi connectivity index (χ3n) is 2.86. The van der Waals surface area contributed by atoms with Gasteiger partial charge in [0.05, 0.1) is 6.10 Å². The third kappa shape index (κ3) is 1.90. The molecular weight excluding hydrogens is 206 g/mol. The van der Waals surface area contributed by atoms with Crippen LogP contribution in [0.5, 0.6) is 0 Å². The van der Waals surface area contributed by atoms with E-state index < -0.39 is 5.79 Å². The predicted octanol–water partition coefficient (Wildman–Crippen LogP) is 0.268. The van der Waals surface area contributed by atoms with Gasteiger partial charge in [-0.2, -0.15) is 0 Å². The van der Waals surface area contributed by atoms with Gasteiger partial charge in [-0.15, -0.1) is 12.4 Å². The molecule has 14 heavy (non-hydrogen) atoms. The molecule has 0 aromatic carbocycles. The van der Waals surface area contributed by atoms with Crippen molar-refractivity contribution < 1.29 is 14.6 Å². The molecule has 0 aromatic rings. The van der Waals surface area contributed by atoms with Gasteiger partial charge in [0.15, 0.2) is 5.79 Å². The first-order valence-corrected chi connectivity index (χ1v) is 4.75. The van der Waals surface area contributed by atoms with Gasteiger partial charge in [-0.1, -0.05) is 0 Å². The summed E-state index contributed by atoms with van der Waals surface area (Å²) in [4.78, 5) is 0. The third-order valence-corrected chi connectivity index (χ3v) is 2.86. The van der Waals surface area contributed by atoms with E-state index >= 15 is 0 Å². The SMILES string of the molecule is CC1(C)OC2C(N)CC(CO)C2O1.Cl. The van der Waals surface area contributed by atoms with Gasteiger partial charge in [0.1, 0.15) is 6.10 Å². The van der Waals surface area contributed by atoms with Crippen molar-refractivity contribution in [1.29, 1.82) is 0 Å². The smallest absolute Gasteiger partial charge is 0.163 e. The predicted molar refractivity (Wildman–Crippen MR) is 54.2 cm³/mol. The molecule has 0 radical (unpaired) electrons. The Balaban J connectivity index is 0.000000980. The highest BCUT2D eigenvalue weighted by atomic mass is 35.5. The number of nitrogens with two attached hydrogens (primary N) is 1. The van der Waals surface area contributed by atoms with Crippen molar-refractivity contribution in [2.75, 3.05) is 6.61 Å². The van der Waals surface area contributed by atoms with Gasteiger partial charge in [-0.3, -0.25) is 0 Å². The Labute approximate surface area is 90.2 Å². The second-order valence-electron chi connectivity index (χ2n) is 4.41. The maximum atomic E-state index is 9.11. The summed E-state index contributed by atoms with van der Waals surface area (Å²) in [5.74, 6) is -0.400. The minimum absolute atomic E-state index is 0. The minimum atomic E-state index is -0.541. The van der Waals surface area contributed by atoms with Crippen LogP contribution in [0.3, 0.4) is 0 Å². The van der Waals surface area contributed by atoms with Crippen LogP contribution < -0.4 is 5.73 Å². The van der Waals surface area contributed by atoms with Gasteiger partial charge in [-0.25, -0.2) is 0 Å². The van der Waals surface area contributed by atoms with Crippen LogP contribution in [0, 0.1) is 5.92 Å². The second-order valence-corrected chi connectivity index (χ2v) is 4.41. The van der Waals surface area contributed by atoms with Crippen LogP contribution >= 0.6 is 12.4 Å². The van der Waals surface area contributed by atoms with E-state index in [9.17, 15) is 0 Å². The van der Waals surface area contributed by atoms with Gasteiger partial charge in [-0.05, 0) is 20.3 Å². The summed E-state index contributed by atoms with van der Waals surface area (Å²) in [6, 6.07) is 0.00363. The monoisotopic (exact) mass is 223 g/mol. The van der Waals surface area contributed by atoms with E-state index in [1.54, 1.807) is 0 Å². The number of hydrogen-bond acceptors (Lipinski definition) is 4. The molecule has 5 heteroatoms. The molecular formula is C9H18ClNO3. The fourth-order valence-corrected chi connectivity index (χ4v) is 2.31. The van der Waals surface area contributed by atoms with Crippen molar-refractivity contribution >= 4 is 12.4 Å². The van der Waals surface area contributed by atoms with Crippen LogP contribution in [-0.2, 0) is 9.47 Å². The van der Waals surface area contributed by atoms with E-state index in [1.165, 1.54) is 0 Å². The summed E-state index contributed by atoms with van der Waals surface area (Å²) in [6.07, 6.45) is 0.740. The summed E-state index contributed by atoms with van der Waals surface area (Å²) in [5, 5.41) is 9.11. The number of fused-ring (bicyclic) bond motifs is 1. The van der Waals surface area contributed by atoms with Crippen LogP contribution in [0.1, 0.15) is 20.3 Å². The molecule has 4 atom stereocenters. The molecule has 0 bridgehead atoms. The lowest BCUT2D eigenvalue weighted by Gasteiger charge is -2.21. The second kappa shape index (κ2) is 3.94. The van der Waals surface area contributed by atoms with Crippen LogP contribution in [0.25, 0.3) is 0 Å². The fourth-order valence-electron chi connectivity index (χ4n) is 2.31. The van der Waals surface area contributed by atoms with Crippen LogP contribution in [-0.4, -0.2) is 35.8 Å². The highest BCUT2D eigenvalue weighted by molar-refractivity contribution is 5.85. The Morgan fingerprint density at radius 2 is 1.93 bits per heavy atom. The summed E-state index contributed by atoms with van der Waals surface area (Å²) in [7, 11) is 0. The van der Waals surface area contributed by atoms with Crippen molar-refractivity contribution in [3.05, 3.63) is 0 Å². The molecule has 1 saturated heterocycles. The summed E-state index contributed by atoms with van der Waals surface area (Å²) in [6.45, 7) is 3.90. The van der Waals surface area contributed by atoms with Crippen molar-refractivity contribution in [2.24, 2.45) is 11.7 Å². The lowest BCUT2D eigenvalue weighted by atomic mass is 10.1. The Kier molecular flexibility index (Phi) is 3.44. The van der Waals surface area contributed by atoms with Crippen molar-refractivity contribution in [3.63, 3.8) is 0 Å². The molecule has 2 rings (SSSR count). The van der Waals surface area contributed by atoms with Crippen molar-refractivity contribution in [2.45, 2.75) is 44.3 Å². The van der Waals surface area contributed by atoms with Gasteiger partial charge in [0.25, 0.3) is 0 Å². The molecule has 1 aliphatic carbocycles. The molecule has 1 aliphatic heterocycles. The number of aliphatic hydroxyl groups is 1. The Morgan fingerprint density at radius 3 is 2.50 bits per heavy atom. The van der Waals surface area contributed by atoms with Crippen LogP contribution in [0.4, 0.5) is 0 Å². The first kappa shape index (κ1) is 12.2. The highest BCUT2D eigenvalue weighted by Crippen LogP contribution is 2.40. The van der Waals surface area contributed by atoms with Crippen molar-refractivity contribution in [3.8, 4) is 0 Å². The zero-order valence-corrected chi connectivity index (χ0v) is 9.29. The van der Waals surface area contributed by atoms with Gasteiger partial charge < -0.3 is 20.3 Å². The Bertz CT molecular complexity index is 212. The maximum absolute atomic E-state index is 9.11. The quantitative estimate of drug-likeness (QED) is 0.670. The molecule has 2 fully saturated rings. The molecule has 2 aliphatic rings. The lowest BCUT2D eigenvalue weighted by Crippen LogP contribution is -2.34. The average molecular weight is 224 g/mol. The molecule has 1 saturated carbocycles. The Hall–Kier alpha value is 0.130. The minimum Gasteiger partial charge on any atom is -0.396 e. The molecule has 4 unspecified atom stereocenters. The average Bonchev–Trinajstić information content (AvgIpc) is 2.47. The van der Waals surface area contributed by atoms with E-state index in [0.29, 0.717) is 0 Å². The number of aliphatic hydroxyl groups excluding tert-OH is 1.